The van der Waals surface area contributed by atoms with Gasteiger partial charge in [0.15, 0.2) is 0 Å². The lowest BCUT2D eigenvalue weighted by molar-refractivity contribution is -0.125. The van der Waals surface area contributed by atoms with E-state index in [9.17, 15) is 4.79 Å². The van der Waals surface area contributed by atoms with Crippen molar-refractivity contribution in [3.63, 3.8) is 0 Å². The van der Waals surface area contributed by atoms with E-state index in [0.717, 1.165) is 25.7 Å². The van der Waals surface area contributed by atoms with E-state index in [0.29, 0.717) is 17.6 Å². The van der Waals surface area contributed by atoms with E-state index in [4.69, 9.17) is 0 Å². The van der Waals surface area contributed by atoms with Gasteiger partial charge in [0, 0.05) is 12.3 Å². The molecule has 0 aromatic carbocycles. The van der Waals surface area contributed by atoms with Gasteiger partial charge in [-0.2, -0.15) is 0 Å². The van der Waals surface area contributed by atoms with Gasteiger partial charge in [-0.25, -0.2) is 0 Å². The molecule has 2 aliphatic carbocycles. The minimum absolute atomic E-state index is 0.375. The first-order chi connectivity index (χ1) is 6.79. The fraction of sp³-hybridized carbons (Fsp3) is 0.769. The minimum Gasteiger partial charge on any atom is -0.299 e. The molecule has 0 spiro atoms. The minimum atomic E-state index is 0.375. The zero-order chi connectivity index (χ0) is 9.97. The molecule has 1 fully saturated rings. The Bertz CT molecular complexity index is 252. The molecular weight excluding hydrogens is 172 g/mol. The van der Waals surface area contributed by atoms with Crippen molar-refractivity contribution < 1.29 is 4.79 Å². The van der Waals surface area contributed by atoms with Crippen molar-refractivity contribution in [2.75, 3.05) is 0 Å². The predicted molar refractivity (Wildman–Crippen MR) is 58.1 cm³/mol. The number of hydrogen-bond donors (Lipinski definition) is 0. The van der Waals surface area contributed by atoms with E-state index in [1.165, 1.54) is 24.8 Å². The summed E-state index contributed by atoms with van der Waals surface area (Å²) in [7, 11) is 0. The number of allylic oxidation sites excluding steroid dienone is 2. The highest BCUT2D eigenvalue weighted by molar-refractivity contribution is 5.81. The third-order valence-electron chi connectivity index (χ3n) is 3.87. The molecule has 0 amide bonds. The van der Waals surface area contributed by atoms with Gasteiger partial charge < -0.3 is 0 Å². The van der Waals surface area contributed by atoms with E-state index in [-0.39, 0.29) is 0 Å². The third kappa shape index (κ3) is 1.92. The molecule has 2 rings (SSSR count). The van der Waals surface area contributed by atoms with Gasteiger partial charge in [0.05, 0.1) is 0 Å². The summed E-state index contributed by atoms with van der Waals surface area (Å²) in [5, 5.41) is 0. The fourth-order valence-corrected chi connectivity index (χ4v) is 3.00. The van der Waals surface area contributed by atoms with Gasteiger partial charge >= 0.3 is 0 Å². The van der Waals surface area contributed by atoms with Crippen molar-refractivity contribution in [3.05, 3.63) is 11.6 Å². The molecule has 1 unspecified atom stereocenters. The molecule has 2 atom stereocenters. The lowest BCUT2D eigenvalue weighted by atomic mass is 9.72. The molecule has 0 aliphatic heterocycles. The van der Waals surface area contributed by atoms with Crippen molar-refractivity contribution in [1.82, 2.24) is 0 Å². The average molecular weight is 192 g/mol. The molecule has 1 heteroatoms. The Morgan fingerprint density at radius 1 is 1.14 bits per heavy atom. The largest absolute Gasteiger partial charge is 0.299 e. The Kier molecular flexibility index (Phi) is 3.05. The summed E-state index contributed by atoms with van der Waals surface area (Å²) < 4.78 is 0. The van der Waals surface area contributed by atoms with Crippen LogP contribution in [-0.4, -0.2) is 5.78 Å². The van der Waals surface area contributed by atoms with Crippen LogP contribution >= 0.6 is 0 Å². The van der Waals surface area contributed by atoms with E-state index in [2.05, 4.69) is 13.0 Å². The molecule has 0 N–H and O–H groups in total. The monoisotopic (exact) mass is 192 g/mol. The van der Waals surface area contributed by atoms with Crippen molar-refractivity contribution >= 4 is 5.78 Å². The number of Topliss-reactive ketones (excluding diaryl/α,β-unsaturated/α-hetero) is 1. The first-order valence-corrected chi connectivity index (χ1v) is 5.98. The Labute approximate surface area is 86.6 Å². The van der Waals surface area contributed by atoms with Crippen LogP contribution in [0.5, 0.6) is 0 Å². The van der Waals surface area contributed by atoms with Gasteiger partial charge in [0.2, 0.25) is 0 Å². The van der Waals surface area contributed by atoms with E-state index < -0.39 is 0 Å². The van der Waals surface area contributed by atoms with Gasteiger partial charge in [-0.3, -0.25) is 4.79 Å². The number of ketones is 1. The molecule has 2 aliphatic rings. The van der Waals surface area contributed by atoms with Crippen LogP contribution in [0.2, 0.25) is 0 Å². The summed E-state index contributed by atoms with van der Waals surface area (Å²) in [6.07, 6.45) is 10.4. The van der Waals surface area contributed by atoms with E-state index in [1.807, 2.05) is 0 Å². The molecule has 1 saturated carbocycles. The maximum Gasteiger partial charge on any atom is 0.136 e. The average Bonchev–Trinajstić information content (AvgIpc) is 2.16. The number of hydrogen-bond acceptors (Lipinski definition) is 1. The first kappa shape index (κ1) is 9.95. The number of carbonyl (C=O) groups excluding carboxylic acids is 1. The fourth-order valence-electron chi connectivity index (χ4n) is 3.00. The van der Waals surface area contributed by atoms with Crippen LogP contribution in [0.3, 0.4) is 0 Å². The van der Waals surface area contributed by atoms with Gasteiger partial charge in [-0.05, 0) is 38.5 Å². The molecule has 0 aromatic heterocycles. The number of rotatable bonds is 0. The molecule has 78 valence electrons. The quantitative estimate of drug-likeness (QED) is 0.537. The summed E-state index contributed by atoms with van der Waals surface area (Å²) in [5.74, 6) is 1.51. The SMILES string of the molecule is CC1=CCCC2C(=O)CCCCC[C@H]12. The van der Waals surface area contributed by atoms with Crippen LogP contribution < -0.4 is 0 Å². The second-order valence-corrected chi connectivity index (χ2v) is 4.80. The summed E-state index contributed by atoms with van der Waals surface area (Å²) >= 11 is 0. The lowest BCUT2D eigenvalue weighted by Crippen LogP contribution is -2.28. The molecule has 0 bridgehead atoms. The Hall–Kier alpha value is -0.590. The highest BCUT2D eigenvalue weighted by Gasteiger charge is 2.31. The maximum absolute atomic E-state index is 11.9. The summed E-state index contributed by atoms with van der Waals surface area (Å²) in [5.41, 5.74) is 1.48. The molecule has 0 aromatic rings. The first-order valence-electron chi connectivity index (χ1n) is 5.98. The molecule has 1 nitrogen and oxygen atoms in total. The molecule has 0 saturated heterocycles. The van der Waals surface area contributed by atoms with Crippen LogP contribution in [0.15, 0.2) is 11.6 Å². The second-order valence-electron chi connectivity index (χ2n) is 4.80. The van der Waals surface area contributed by atoms with Gasteiger partial charge in [-0.1, -0.05) is 24.5 Å². The van der Waals surface area contributed by atoms with Crippen LogP contribution in [0.4, 0.5) is 0 Å². The van der Waals surface area contributed by atoms with Crippen LogP contribution in [0.1, 0.15) is 51.9 Å². The Balaban J connectivity index is 2.16. The molecule has 14 heavy (non-hydrogen) atoms. The summed E-state index contributed by atoms with van der Waals surface area (Å²) in [6, 6.07) is 0. The smallest absolute Gasteiger partial charge is 0.136 e. The molecule has 0 radical (unpaired) electrons. The Morgan fingerprint density at radius 2 is 2.00 bits per heavy atom. The van der Waals surface area contributed by atoms with Crippen LogP contribution in [-0.2, 0) is 4.79 Å². The second kappa shape index (κ2) is 4.29. The number of fused-ring (bicyclic) bond motifs is 1. The molecular formula is C13H20O. The maximum atomic E-state index is 11.9. The van der Waals surface area contributed by atoms with Crippen LogP contribution in [0.25, 0.3) is 0 Å². The normalized spacial score (nSPS) is 34.1. The Morgan fingerprint density at radius 3 is 2.86 bits per heavy atom. The lowest BCUT2D eigenvalue weighted by Gasteiger charge is -2.32. The van der Waals surface area contributed by atoms with E-state index in [1.54, 1.807) is 0 Å². The van der Waals surface area contributed by atoms with Gasteiger partial charge in [0.1, 0.15) is 5.78 Å². The highest BCUT2D eigenvalue weighted by Crippen LogP contribution is 2.37. The predicted octanol–water partition coefficient (Wildman–Crippen LogP) is 3.49. The highest BCUT2D eigenvalue weighted by atomic mass is 16.1. The summed E-state index contributed by atoms with van der Waals surface area (Å²) in [4.78, 5) is 11.9. The number of carbonyl (C=O) groups is 1. The van der Waals surface area contributed by atoms with Crippen molar-refractivity contribution in [3.8, 4) is 0 Å². The van der Waals surface area contributed by atoms with E-state index >= 15 is 0 Å². The van der Waals surface area contributed by atoms with Gasteiger partial charge in [0.25, 0.3) is 0 Å². The zero-order valence-electron chi connectivity index (χ0n) is 9.09. The van der Waals surface area contributed by atoms with Crippen molar-refractivity contribution in [1.29, 1.82) is 0 Å². The standard InChI is InChI=1S/C13H20O/c1-10-6-5-8-12-11(10)7-3-2-4-9-13(12)14/h6,11-12H,2-5,7-9H2,1H3/t11-,12?/m1/s1. The zero-order valence-corrected chi connectivity index (χ0v) is 9.09. The van der Waals surface area contributed by atoms with Gasteiger partial charge in [-0.15, -0.1) is 0 Å². The van der Waals surface area contributed by atoms with Crippen molar-refractivity contribution in [2.45, 2.75) is 51.9 Å². The molecule has 0 heterocycles. The third-order valence-corrected chi connectivity index (χ3v) is 3.87. The van der Waals surface area contributed by atoms with Crippen molar-refractivity contribution in [2.24, 2.45) is 11.8 Å². The van der Waals surface area contributed by atoms with Crippen LogP contribution in [0, 0.1) is 11.8 Å². The topological polar surface area (TPSA) is 17.1 Å². The summed E-state index contributed by atoms with van der Waals surface area (Å²) in [6.45, 7) is 2.21.